The number of nitrogens with zero attached hydrogens (tertiary/aromatic N) is 1. The molecule has 0 aromatic heterocycles. The predicted octanol–water partition coefficient (Wildman–Crippen LogP) is 4.10. The standard InChI is InChI=1S/C19H19Cl2NO/c20-12-17-14-22(13-16-9-5-2-6-10-16)18(23)19(17,21)11-15-7-3-1-4-8-15/h1-10,17H,11-14H2/t17-,19-/m0/s1. The van der Waals surface area contributed by atoms with E-state index < -0.39 is 4.87 Å². The first-order valence-corrected chi connectivity index (χ1v) is 8.67. The Labute approximate surface area is 147 Å². The van der Waals surface area contributed by atoms with Crippen molar-refractivity contribution in [2.24, 2.45) is 5.92 Å². The maximum atomic E-state index is 12.9. The van der Waals surface area contributed by atoms with Gasteiger partial charge in [0.2, 0.25) is 5.91 Å². The van der Waals surface area contributed by atoms with Crippen LogP contribution in [0.4, 0.5) is 0 Å². The Kier molecular flexibility index (Phi) is 4.93. The van der Waals surface area contributed by atoms with Gasteiger partial charge in [-0.3, -0.25) is 4.79 Å². The predicted molar refractivity (Wildman–Crippen MR) is 94.8 cm³/mol. The number of benzene rings is 2. The van der Waals surface area contributed by atoms with E-state index in [-0.39, 0.29) is 11.8 Å². The van der Waals surface area contributed by atoms with E-state index in [2.05, 4.69) is 0 Å². The normalized spacial score (nSPS) is 24.2. The van der Waals surface area contributed by atoms with Gasteiger partial charge in [0.25, 0.3) is 0 Å². The number of likely N-dealkylation sites (tertiary alicyclic amines) is 1. The molecule has 1 aliphatic rings. The molecule has 0 bridgehead atoms. The minimum absolute atomic E-state index is 0.0162. The first-order valence-electron chi connectivity index (χ1n) is 7.75. The lowest BCUT2D eigenvalue weighted by molar-refractivity contribution is -0.130. The summed E-state index contributed by atoms with van der Waals surface area (Å²) in [4.78, 5) is 13.8. The lowest BCUT2D eigenvalue weighted by Gasteiger charge is -2.25. The van der Waals surface area contributed by atoms with E-state index in [4.69, 9.17) is 23.2 Å². The molecule has 0 radical (unpaired) electrons. The Morgan fingerprint density at radius 2 is 1.57 bits per heavy atom. The molecule has 0 N–H and O–H groups in total. The van der Waals surface area contributed by atoms with Crippen LogP contribution in [0.15, 0.2) is 60.7 Å². The second-order valence-corrected chi connectivity index (χ2v) is 7.03. The highest BCUT2D eigenvalue weighted by Crippen LogP contribution is 2.39. The van der Waals surface area contributed by atoms with Crippen LogP contribution in [-0.2, 0) is 17.8 Å². The van der Waals surface area contributed by atoms with Crippen LogP contribution in [0.5, 0.6) is 0 Å². The van der Waals surface area contributed by atoms with Crippen molar-refractivity contribution < 1.29 is 4.79 Å². The molecule has 1 saturated heterocycles. The van der Waals surface area contributed by atoms with Crippen molar-refractivity contribution in [3.63, 3.8) is 0 Å². The molecular weight excluding hydrogens is 329 g/mol. The Hall–Kier alpha value is -1.51. The summed E-state index contributed by atoms with van der Waals surface area (Å²) in [6, 6.07) is 19.9. The van der Waals surface area contributed by atoms with Gasteiger partial charge in [0, 0.05) is 31.3 Å². The number of hydrogen-bond acceptors (Lipinski definition) is 1. The summed E-state index contributed by atoms with van der Waals surface area (Å²) in [5.74, 6) is 0.313. The maximum Gasteiger partial charge on any atom is 0.244 e. The Morgan fingerprint density at radius 3 is 2.13 bits per heavy atom. The van der Waals surface area contributed by atoms with Crippen LogP contribution >= 0.6 is 23.2 Å². The topological polar surface area (TPSA) is 20.3 Å². The van der Waals surface area contributed by atoms with Crippen LogP contribution in [0, 0.1) is 5.92 Å². The molecular formula is C19H19Cl2NO. The fourth-order valence-corrected chi connectivity index (χ4v) is 4.02. The minimum Gasteiger partial charge on any atom is -0.336 e. The number of carbonyl (C=O) groups excluding carboxylic acids is 1. The Balaban J connectivity index is 1.81. The van der Waals surface area contributed by atoms with Gasteiger partial charge in [0.05, 0.1) is 0 Å². The van der Waals surface area contributed by atoms with Gasteiger partial charge in [-0.05, 0) is 11.1 Å². The van der Waals surface area contributed by atoms with E-state index in [0.29, 0.717) is 25.4 Å². The highest BCUT2D eigenvalue weighted by Gasteiger charge is 2.52. The number of amides is 1. The van der Waals surface area contributed by atoms with E-state index in [9.17, 15) is 4.79 Å². The van der Waals surface area contributed by atoms with Gasteiger partial charge in [-0.2, -0.15) is 0 Å². The highest BCUT2D eigenvalue weighted by molar-refractivity contribution is 6.36. The summed E-state index contributed by atoms with van der Waals surface area (Å²) in [7, 11) is 0. The summed E-state index contributed by atoms with van der Waals surface area (Å²) in [5.41, 5.74) is 2.17. The lowest BCUT2D eigenvalue weighted by atomic mass is 9.89. The van der Waals surface area contributed by atoms with Gasteiger partial charge in [-0.15, -0.1) is 23.2 Å². The van der Waals surface area contributed by atoms with Crippen LogP contribution in [0.1, 0.15) is 11.1 Å². The lowest BCUT2D eigenvalue weighted by Crippen LogP contribution is -2.40. The number of rotatable bonds is 5. The van der Waals surface area contributed by atoms with Gasteiger partial charge >= 0.3 is 0 Å². The molecule has 0 aliphatic carbocycles. The van der Waals surface area contributed by atoms with Crippen LogP contribution in [0.3, 0.4) is 0 Å². The van der Waals surface area contributed by atoms with E-state index in [1.54, 1.807) is 0 Å². The molecule has 1 fully saturated rings. The highest BCUT2D eigenvalue weighted by atomic mass is 35.5. The van der Waals surface area contributed by atoms with Gasteiger partial charge in [-0.25, -0.2) is 0 Å². The van der Waals surface area contributed by atoms with E-state index in [0.717, 1.165) is 11.1 Å². The van der Waals surface area contributed by atoms with Crippen LogP contribution in [0.2, 0.25) is 0 Å². The van der Waals surface area contributed by atoms with Crippen molar-refractivity contribution >= 4 is 29.1 Å². The van der Waals surface area contributed by atoms with Crippen molar-refractivity contribution in [2.75, 3.05) is 12.4 Å². The first kappa shape index (κ1) is 16.4. The number of hydrogen-bond donors (Lipinski definition) is 0. The van der Waals surface area contributed by atoms with Gasteiger partial charge in [-0.1, -0.05) is 60.7 Å². The Morgan fingerprint density at radius 1 is 1.00 bits per heavy atom. The summed E-state index contributed by atoms with van der Waals surface area (Å²) in [6.45, 7) is 1.18. The minimum atomic E-state index is -0.947. The monoisotopic (exact) mass is 347 g/mol. The molecule has 120 valence electrons. The summed E-state index contributed by atoms with van der Waals surface area (Å²) < 4.78 is 0. The van der Waals surface area contributed by atoms with Crippen molar-refractivity contribution in [1.29, 1.82) is 0 Å². The fourth-order valence-electron chi connectivity index (χ4n) is 3.16. The fraction of sp³-hybridized carbons (Fsp3) is 0.316. The van der Waals surface area contributed by atoms with Crippen molar-refractivity contribution in [3.8, 4) is 0 Å². The summed E-state index contributed by atoms with van der Waals surface area (Å²) in [5, 5.41) is 0. The Bertz CT molecular complexity index is 662. The molecule has 2 aromatic rings. The van der Waals surface area contributed by atoms with Crippen LogP contribution in [0.25, 0.3) is 0 Å². The first-order chi connectivity index (χ1) is 11.1. The SMILES string of the molecule is O=C1N(Cc2ccccc2)C[C@H](CCl)[C@@]1(Cl)Cc1ccccc1. The molecule has 2 aromatic carbocycles. The molecule has 1 amide bonds. The number of alkyl halides is 2. The summed E-state index contributed by atoms with van der Waals surface area (Å²) >= 11 is 12.9. The average molecular weight is 348 g/mol. The zero-order valence-electron chi connectivity index (χ0n) is 12.8. The third-order valence-corrected chi connectivity index (χ3v) is 5.41. The molecule has 0 saturated carbocycles. The molecule has 1 heterocycles. The average Bonchev–Trinajstić information content (AvgIpc) is 2.81. The van der Waals surface area contributed by atoms with E-state index >= 15 is 0 Å². The maximum absolute atomic E-state index is 12.9. The molecule has 4 heteroatoms. The zero-order chi connectivity index (χ0) is 16.3. The quantitative estimate of drug-likeness (QED) is 0.745. The van der Waals surface area contributed by atoms with E-state index in [1.807, 2.05) is 65.6 Å². The molecule has 3 rings (SSSR count). The number of halogens is 2. The molecule has 0 spiro atoms. The van der Waals surface area contributed by atoms with Crippen molar-refractivity contribution in [3.05, 3.63) is 71.8 Å². The third kappa shape index (κ3) is 3.39. The largest absolute Gasteiger partial charge is 0.336 e. The number of carbonyl (C=O) groups is 1. The van der Waals surface area contributed by atoms with Crippen LogP contribution < -0.4 is 0 Å². The van der Waals surface area contributed by atoms with Gasteiger partial charge in [0.15, 0.2) is 0 Å². The smallest absolute Gasteiger partial charge is 0.244 e. The summed E-state index contributed by atoms with van der Waals surface area (Å²) in [6.07, 6.45) is 0.511. The van der Waals surface area contributed by atoms with Crippen LogP contribution in [-0.4, -0.2) is 28.1 Å². The molecule has 2 atom stereocenters. The second-order valence-electron chi connectivity index (χ2n) is 6.05. The molecule has 23 heavy (non-hydrogen) atoms. The third-order valence-electron chi connectivity index (χ3n) is 4.44. The second kappa shape index (κ2) is 6.94. The molecule has 1 aliphatic heterocycles. The molecule has 0 unspecified atom stereocenters. The van der Waals surface area contributed by atoms with Crippen molar-refractivity contribution in [2.45, 2.75) is 17.8 Å². The van der Waals surface area contributed by atoms with Gasteiger partial charge in [0.1, 0.15) is 4.87 Å². The molecule has 2 nitrogen and oxygen atoms in total. The zero-order valence-corrected chi connectivity index (χ0v) is 14.3. The van der Waals surface area contributed by atoms with E-state index in [1.165, 1.54) is 0 Å². The van der Waals surface area contributed by atoms with Gasteiger partial charge < -0.3 is 4.90 Å². The van der Waals surface area contributed by atoms with Crippen molar-refractivity contribution in [1.82, 2.24) is 4.90 Å².